The summed E-state index contributed by atoms with van der Waals surface area (Å²) in [5.74, 6) is -0.236. The molecule has 1 aromatic carbocycles. The van der Waals surface area contributed by atoms with Crippen molar-refractivity contribution in [1.82, 2.24) is 15.1 Å². The van der Waals surface area contributed by atoms with Gasteiger partial charge in [0.15, 0.2) is 0 Å². The number of carbonyl (C=O) groups is 3. The Morgan fingerprint density at radius 2 is 1.93 bits per heavy atom. The van der Waals surface area contributed by atoms with Gasteiger partial charge in [0.25, 0.3) is 0 Å². The van der Waals surface area contributed by atoms with E-state index in [9.17, 15) is 19.5 Å². The molecule has 41 heavy (non-hydrogen) atoms. The Morgan fingerprint density at radius 1 is 1.17 bits per heavy atom. The van der Waals surface area contributed by atoms with Crippen molar-refractivity contribution in [3.8, 4) is 5.75 Å². The molecule has 0 spiro atoms. The number of esters is 1. The fourth-order valence-electron chi connectivity index (χ4n) is 5.67. The van der Waals surface area contributed by atoms with E-state index in [2.05, 4.69) is 19.2 Å². The maximum Gasteiger partial charge on any atom is 0.410 e. The zero-order valence-corrected chi connectivity index (χ0v) is 25.1. The molecular weight excluding hydrogens is 530 g/mol. The first-order valence-electron chi connectivity index (χ1n) is 14.4. The Labute approximate surface area is 242 Å². The van der Waals surface area contributed by atoms with Gasteiger partial charge in [0, 0.05) is 18.5 Å². The van der Waals surface area contributed by atoms with Gasteiger partial charge in [-0.15, -0.1) is 0 Å². The van der Waals surface area contributed by atoms with E-state index in [-0.39, 0.29) is 25.0 Å². The number of rotatable bonds is 1. The highest BCUT2D eigenvalue weighted by Gasteiger charge is 2.47. The first-order valence-corrected chi connectivity index (χ1v) is 14.4. The molecule has 11 heteroatoms. The van der Waals surface area contributed by atoms with Crippen LogP contribution in [-0.4, -0.2) is 84.3 Å². The van der Waals surface area contributed by atoms with Crippen LogP contribution in [0.15, 0.2) is 18.2 Å². The van der Waals surface area contributed by atoms with E-state index < -0.39 is 48.0 Å². The van der Waals surface area contributed by atoms with Crippen LogP contribution in [0.4, 0.5) is 4.79 Å². The van der Waals surface area contributed by atoms with Gasteiger partial charge < -0.3 is 29.0 Å². The third kappa shape index (κ3) is 7.50. The fourth-order valence-corrected chi connectivity index (χ4v) is 5.67. The summed E-state index contributed by atoms with van der Waals surface area (Å²) in [6.07, 6.45) is 0.103. The SMILES string of the molecule is COC(=O)C1C[C@@H]2CN1C(=O)[C@H](C(C)(C)C)NC(O)OCC(C)(C)CCCCOc1cccc3c1CN(C3)C(=O)O2. The first-order chi connectivity index (χ1) is 19.3. The molecule has 4 rings (SSSR count). The standard InChI is InChI=1S/C30H45N3O8/c1-29(2,3)24-25(34)33-16-20(14-22(33)26(35)38-6)41-28(37)32-15-19-10-9-11-23(21(19)17-32)39-13-8-7-12-30(4,5)18-40-27(36)31-24/h9-11,20,22,24,27,31,36H,7-8,12-18H2,1-6H3/t20-,22?,24-,27?/m1/s1. The normalized spacial score (nSPS) is 28.0. The lowest BCUT2D eigenvalue weighted by Gasteiger charge is -2.36. The van der Waals surface area contributed by atoms with Crippen LogP contribution in [-0.2, 0) is 36.9 Å². The van der Waals surface area contributed by atoms with Crippen LogP contribution in [0.3, 0.4) is 0 Å². The number of methoxy groups -OCH3 is 1. The second-order valence-corrected chi connectivity index (χ2v) is 13.1. The Kier molecular flexibility index (Phi) is 9.50. The predicted octanol–water partition coefficient (Wildman–Crippen LogP) is 3.17. The maximum atomic E-state index is 13.9. The molecule has 1 fully saturated rings. The monoisotopic (exact) mass is 575 g/mol. The van der Waals surface area contributed by atoms with Gasteiger partial charge in [-0.1, -0.05) is 46.8 Å². The second-order valence-electron chi connectivity index (χ2n) is 13.1. The van der Waals surface area contributed by atoms with Crippen molar-refractivity contribution in [1.29, 1.82) is 0 Å². The van der Waals surface area contributed by atoms with E-state index in [0.717, 1.165) is 36.1 Å². The Morgan fingerprint density at radius 3 is 2.63 bits per heavy atom. The number of hydrogen-bond donors (Lipinski definition) is 2. The number of aliphatic hydroxyl groups is 1. The molecule has 11 nitrogen and oxygen atoms in total. The minimum Gasteiger partial charge on any atom is -0.493 e. The number of benzene rings is 1. The molecule has 228 valence electrons. The Hall–Kier alpha value is -2.89. The first kappa shape index (κ1) is 31.1. The van der Waals surface area contributed by atoms with Crippen molar-refractivity contribution in [2.75, 3.05) is 26.9 Å². The van der Waals surface area contributed by atoms with Crippen LogP contribution in [0, 0.1) is 10.8 Å². The summed E-state index contributed by atoms with van der Waals surface area (Å²) < 4.78 is 22.7. The van der Waals surface area contributed by atoms with Crippen LogP contribution in [0.5, 0.6) is 5.75 Å². The molecule has 1 saturated heterocycles. The molecule has 1 aromatic rings. The van der Waals surface area contributed by atoms with Crippen LogP contribution in [0.1, 0.15) is 71.4 Å². The molecule has 3 aliphatic heterocycles. The molecule has 4 bridgehead atoms. The molecule has 0 aliphatic carbocycles. The summed E-state index contributed by atoms with van der Waals surface area (Å²) in [4.78, 5) is 42.9. The molecular formula is C30H45N3O8. The van der Waals surface area contributed by atoms with E-state index in [0.29, 0.717) is 19.7 Å². The lowest BCUT2D eigenvalue weighted by atomic mass is 9.85. The number of amides is 2. The molecule has 0 saturated carbocycles. The highest BCUT2D eigenvalue weighted by Crippen LogP contribution is 2.33. The van der Waals surface area contributed by atoms with Crippen molar-refractivity contribution in [3.63, 3.8) is 0 Å². The van der Waals surface area contributed by atoms with Gasteiger partial charge >= 0.3 is 12.1 Å². The van der Waals surface area contributed by atoms with Gasteiger partial charge in [-0.3, -0.25) is 15.0 Å². The summed E-state index contributed by atoms with van der Waals surface area (Å²) in [5, 5.41) is 13.7. The minimum atomic E-state index is -1.40. The van der Waals surface area contributed by atoms with Crippen LogP contribution >= 0.6 is 0 Å². The number of aliphatic hydroxyl groups excluding tert-OH is 1. The third-order valence-corrected chi connectivity index (χ3v) is 8.04. The van der Waals surface area contributed by atoms with Crippen LogP contribution in [0.25, 0.3) is 0 Å². The molecule has 2 unspecified atom stereocenters. The van der Waals surface area contributed by atoms with Gasteiger partial charge in [0.05, 0.1) is 39.5 Å². The summed E-state index contributed by atoms with van der Waals surface area (Å²) in [5.41, 5.74) is 1.12. The lowest BCUT2D eigenvalue weighted by Crippen LogP contribution is -2.58. The van der Waals surface area contributed by atoms with Crippen molar-refractivity contribution >= 4 is 18.0 Å². The average Bonchev–Trinajstić information content (AvgIpc) is 3.53. The van der Waals surface area contributed by atoms with E-state index >= 15 is 0 Å². The number of fused-ring (bicyclic) bond motifs is 3. The molecule has 4 atom stereocenters. The van der Waals surface area contributed by atoms with Crippen molar-refractivity contribution in [2.24, 2.45) is 10.8 Å². The minimum absolute atomic E-state index is 0.0255. The largest absolute Gasteiger partial charge is 0.493 e. The van der Waals surface area contributed by atoms with E-state index in [1.807, 2.05) is 39.0 Å². The lowest BCUT2D eigenvalue weighted by molar-refractivity contribution is -0.164. The zero-order valence-electron chi connectivity index (χ0n) is 25.1. The van der Waals surface area contributed by atoms with Gasteiger partial charge in [0.2, 0.25) is 12.3 Å². The smallest absolute Gasteiger partial charge is 0.410 e. The zero-order chi connectivity index (χ0) is 29.9. The number of ether oxygens (including phenoxy) is 4. The summed E-state index contributed by atoms with van der Waals surface area (Å²) in [6.45, 7) is 11.3. The van der Waals surface area contributed by atoms with Gasteiger partial charge in [-0.2, -0.15) is 0 Å². The van der Waals surface area contributed by atoms with Crippen LogP contribution < -0.4 is 10.1 Å². The van der Waals surface area contributed by atoms with E-state index in [1.54, 1.807) is 4.90 Å². The second kappa shape index (κ2) is 12.5. The fraction of sp³-hybridized carbons (Fsp3) is 0.700. The summed E-state index contributed by atoms with van der Waals surface area (Å²) in [6, 6.07) is 4.01. The molecule has 3 aliphatic rings. The molecule has 2 N–H and O–H groups in total. The molecule has 3 heterocycles. The summed E-state index contributed by atoms with van der Waals surface area (Å²) >= 11 is 0. The molecule has 2 amide bonds. The maximum absolute atomic E-state index is 13.9. The molecule has 0 radical (unpaired) electrons. The number of nitrogens with zero attached hydrogens (tertiary/aromatic N) is 2. The van der Waals surface area contributed by atoms with Crippen molar-refractivity contribution in [3.05, 3.63) is 29.3 Å². The van der Waals surface area contributed by atoms with Crippen LogP contribution in [0.2, 0.25) is 0 Å². The van der Waals surface area contributed by atoms with Gasteiger partial charge in [0.1, 0.15) is 17.9 Å². The van der Waals surface area contributed by atoms with E-state index in [4.69, 9.17) is 18.9 Å². The van der Waals surface area contributed by atoms with Crippen molar-refractivity contribution in [2.45, 2.75) is 98.0 Å². The average molecular weight is 576 g/mol. The third-order valence-electron chi connectivity index (χ3n) is 8.04. The Balaban J connectivity index is 1.60. The predicted molar refractivity (Wildman–Crippen MR) is 150 cm³/mol. The van der Waals surface area contributed by atoms with Gasteiger partial charge in [-0.05, 0) is 41.7 Å². The highest BCUT2D eigenvalue weighted by molar-refractivity contribution is 5.89. The number of carbonyl (C=O) groups excluding carboxylic acids is 3. The van der Waals surface area contributed by atoms with Crippen molar-refractivity contribution < 1.29 is 38.4 Å². The van der Waals surface area contributed by atoms with Gasteiger partial charge in [-0.25, -0.2) is 9.59 Å². The quantitative estimate of drug-likeness (QED) is 0.486. The topological polar surface area (TPSA) is 127 Å². The van der Waals surface area contributed by atoms with E-state index in [1.165, 1.54) is 12.0 Å². The number of nitrogens with one attached hydrogen (secondary N) is 1. The molecule has 0 aromatic heterocycles. The highest BCUT2D eigenvalue weighted by atomic mass is 16.6. The number of hydrogen-bond acceptors (Lipinski definition) is 9. The Bertz CT molecular complexity index is 1120. The summed E-state index contributed by atoms with van der Waals surface area (Å²) in [7, 11) is 1.26.